The number of hydrogen-bond donors (Lipinski definition) is 2. The lowest BCUT2D eigenvalue weighted by atomic mass is 10.2. The van der Waals surface area contributed by atoms with Crippen LogP contribution in [0.5, 0.6) is 0 Å². The molecule has 1 aromatic carbocycles. The van der Waals surface area contributed by atoms with Crippen molar-refractivity contribution >= 4 is 11.6 Å². The Morgan fingerprint density at radius 1 is 1.26 bits per heavy atom. The Morgan fingerprint density at radius 2 is 1.89 bits per heavy atom. The van der Waals surface area contributed by atoms with Gasteiger partial charge >= 0.3 is 0 Å². The average Bonchev–Trinajstić information content (AvgIpc) is 2.83. The Morgan fingerprint density at radius 3 is 2.42 bits per heavy atom. The van der Waals surface area contributed by atoms with E-state index in [9.17, 15) is 13.6 Å². The van der Waals surface area contributed by atoms with Crippen LogP contribution in [0.3, 0.4) is 0 Å². The van der Waals surface area contributed by atoms with Crippen molar-refractivity contribution in [1.29, 1.82) is 0 Å². The van der Waals surface area contributed by atoms with Crippen LogP contribution in [-0.4, -0.2) is 5.91 Å². The first-order valence-corrected chi connectivity index (χ1v) is 5.59. The van der Waals surface area contributed by atoms with Crippen molar-refractivity contribution in [2.24, 2.45) is 5.73 Å². The molecular formula is C13H12F2N2O2. The molecule has 0 aliphatic rings. The molecule has 1 aromatic heterocycles. The largest absolute Gasteiger partial charge is 0.454 e. The van der Waals surface area contributed by atoms with Gasteiger partial charge in [-0.3, -0.25) is 4.79 Å². The van der Waals surface area contributed by atoms with Crippen LogP contribution >= 0.6 is 0 Å². The normalized spacial score (nSPS) is 12.2. The van der Waals surface area contributed by atoms with Gasteiger partial charge in [-0.25, -0.2) is 8.78 Å². The van der Waals surface area contributed by atoms with E-state index in [0.29, 0.717) is 5.76 Å². The Hall–Kier alpha value is -2.21. The van der Waals surface area contributed by atoms with E-state index in [4.69, 9.17) is 10.2 Å². The molecule has 1 amide bonds. The van der Waals surface area contributed by atoms with Crippen LogP contribution in [0.25, 0.3) is 0 Å². The van der Waals surface area contributed by atoms with Crippen LogP contribution < -0.4 is 11.1 Å². The minimum absolute atomic E-state index is 0.0602. The first-order chi connectivity index (χ1) is 8.99. The van der Waals surface area contributed by atoms with Gasteiger partial charge in [0.15, 0.2) is 5.76 Å². The van der Waals surface area contributed by atoms with Crippen LogP contribution in [0.4, 0.5) is 14.5 Å². The van der Waals surface area contributed by atoms with Crippen molar-refractivity contribution in [3.8, 4) is 0 Å². The topological polar surface area (TPSA) is 68.3 Å². The minimum Gasteiger partial charge on any atom is -0.454 e. The molecule has 1 heterocycles. The summed E-state index contributed by atoms with van der Waals surface area (Å²) in [7, 11) is 0. The molecule has 0 saturated heterocycles. The van der Waals surface area contributed by atoms with Crippen LogP contribution in [0.15, 0.2) is 34.7 Å². The van der Waals surface area contributed by atoms with Gasteiger partial charge in [-0.1, -0.05) is 6.07 Å². The van der Waals surface area contributed by atoms with E-state index in [1.165, 1.54) is 18.2 Å². The van der Waals surface area contributed by atoms with Gasteiger partial charge in [-0.2, -0.15) is 0 Å². The lowest BCUT2D eigenvalue weighted by Crippen LogP contribution is -2.13. The number of furan rings is 1. The number of benzene rings is 1. The van der Waals surface area contributed by atoms with Crippen molar-refractivity contribution < 1.29 is 18.0 Å². The van der Waals surface area contributed by atoms with Crippen molar-refractivity contribution in [3.05, 3.63) is 53.5 Å². The molecular weight excluding hydrogens is 254 g/mol. The summed E-state index contributed by atoms with van der Waals surface area (Å²) in [4.78, 5) is 11.8. The van der Waals surface area contributed by atoms with Crippen molar-refractivity contribution in [1.82, 2.24) is 0 Å². The Bertz CT molecular complexity index is 588. The number of anilines is 1. The lowest BCUT2D eigenvalue weighted by molar-refractivity contribution is 0.0993. The first kappa shape index (κ1) is 13.2. The number of carbonyl (C=O) groups is 1. The van der Waals surface area contributed by atoms with E-state index in [1.54, 1.807) is 6.92 Å². The van der Waals surface area contributed by atoms with Crippen LogP contribution in [0, 0.1) is 11.6 Å². The monoisotopic (exact) mass is 266 g/mol. The zero-order valence-corrected chi connectivity index (χ0v) is 10.1. The van der Waals surface area contributed by atoms with Gasteiger partial charge in [0.05, 0.1) is 6.04 Å². The highest BCUT2D eigenvalue weighted by Gasteiger charge is 2.17. The third-order valence-electron chi connectivity index (χ3n) is 2.50. The molecule has 1 unspecified atom stereocenters. The van der Waals surface area contributed by atoms with E-state index >= 15 is 0 Å². The summed E-state index contributed by atoms with van der Waals surface area (Å²) >= 11 is 0. The third kappa shape index (κ3) is 2.79. The van der Waals surface area contributed by atoms with E-state index in [2.05, 4.69) is 5.32 Å². The molecule has 0 saturated carbocycles. The minimum atomic E-state index is -0.854. The summed E-state index contributed by atoms with van der Waals surface area (Å²) in [6.45, 7) is 1.69. The molecule has 100 valence electrons. The maximum absolute atomic E-state index is 13.4. The number of amides is 1. The zero-order chi connectivity index (χ0) is 14.0. The van der Waals surface area contributed by atoms with Crippen LogP contribution in [-0.2, 0) is 0 Å². The SMILES string of the molecule is CC(N)c1ccc(C(=O)Nc2c(F)cccc2F)o1. The predicted octanol–water partition coefficient (Wildman–Crippen LogP) is 2.83. The second kappa shape index (κ2) is 5.19. The van der Waals surface area contributed by atoms with Crippen molar-refractivity contribution in [2.75, 3.05) is 5.32 Å². The first-order valence-electron chi connectivity index (χ1n) is 5.59. The van der Waals surface area contributed by atoms with Gasteiger partial charge in [-0.05, 0) is 31.2 Å². The zero-order valence-electron chi connectivity index (χ0n) is 10.1. The summed E-state index contributed by atoms with van der Waals surface area (Å²) < 4.78 is 31.9. The van der Waals surface area contributed by atoms with E-state index < -0.39 is 23.2 Å². The molecule has 1 atom stereocenters. The maximum Gasteiger partial charge on any atom is 0.291 e. The van der Waals surface area contributed by atoms with E-state index in [-0.39, 0.29) is 11.8 Å². The molecule has 2 rings (SSSR count). The second-order valence-corrected chi connectivity index (χ2v) is 4.04. The lowest BCUT2D eigenvalue weighted by Gasteiger charge is -2.05. The highest BCUT2D eigenvalue weighted by molar-refractivity contribution is 6.02. The van der Waals surface area contributed by atoms with Gasteiger partial charge in [0, 0.05) is 0 Å². The summed E-state index contributed by atoms with van der Waals surface area (Å²) in [5.41, 5.74) is 5.07. The number of nitrogens with two attached hydrogens (primary N) is 1. The van der Waals surface area contributed by atoms with Gasteiger partial charge in [0.25, 0.3) is 5.91 Å². The molecule has 3 N–H and O–H groups in total. The molecule has 6 heteroatoms. The van der Waals surface area contributed by atoms with Gasteiger partial charge in [0.2, 0.25) is 0 Å². The highest BCUT2D eigenvalue weighted by Crippen LogP contribution is 2.20. The Kier molecular flexibility index (Phi) is 3.62. The summed E-state index contributed by atoms with van der Waals surface area (Å²) in [6, 6.07) is 5.88. The molecule has 0 spiro atoms. The number of halogens is 2. The molecule has 4 nitrogen and oxygen atoms in total. The summed E-state index contributed by atoms with van der Waals surface area (Å²) in [5, 5.41) is 2.12. The Labute approximate surface area is 108 Å². The van der Waals surface area contributed by atoms with Gasteiger partial charge < -0.3 is 15.5 Å². The van der Waals surface area contributed by atoms with Crippen molar-refractivity contribution in [3.63, 3.8) is 0 Å². The third-order valence-corrected chi connectivity index (χ3v) is 2.50. The molecule has 0 aliphatic heterocycles. The van der Waals surface area contributed by atoms with E-state index in [0.717, 1.165) is 12.1 Å². The molecule has 0 aliphatic carbocycles. The number of carbonyl (C=O) groups excluding carboxylic acids is 1. The van der Waals surface area contributed by atoms with E-state index in [1.807, 2.05) is 0 Å². The summed E-state index contributed by atoms with van der Waals surface area (Å²) in [6.07, 6.45) is 0. The molecule has 0 bridgehead atoms. The highest BCUT2D eigenvalue weighted by atomic mass is 19.1. The van der Waals surface area contributed by atoms with Crippen LogP contribution in [0.1, 0.15) is 29.3 Å². The van der Waals surface area contributed by atoms with Crippen molar-refractivity contribution in [2.45, 2.75) is 13.0 Å². The number of rotatable bonds is 3. The molecule has 2 aromatic rings. The molecule has 0 fully saturated rings. The standard InChI is InChI=1S/C13H12F2N2O2/c1-7(16)10-5-6-11(19-10)13(18)17-12-8(14)3-2-4-9(12)15/h2-7H,16H2,1H3,(H,17,18). The fraction of sp³-hybridized carbons (Fsp3) is 0.154. The quantitative estimate of drug-likeness (QED) is 0.897. The number of para-hydroxylation sites is 1. The smallest absolute Gasteiger partial charge is 0.291 e. The van der Waals surface area contributed by atoms with Crippen LogP contribution in [0.2, 0.25) is 0 Å². The maximum atomic E-state index is 13.4. The second-order valence-electron chi connectivity index (χ2n) is 4.04. The van der Waals surface area contributed by atoms with Gasteiger partial charge in [-0.15, -0.1) is 0 Å². The number of nitrogens with one attached hydrogen (secondary N) is 1. The number of hydrogen-bond acceptors (Lipinski definition) is 3. The fourth-order valence-corrected chi connectivity index (χ4v) is 1.51. The summed E-state index contributed by atoms with van der Waals surface area (Å²) in [5.74, 6) is -2.09. The average molecular weight is 266 g/mol. The molecule has 0 radical (unpaired) electrons. The predicted molar refractivity (Wildman–Crippen MR) is 65.6 cm³/mol. The molecule has 19 heavy (non-hydrogen) atoms. The Balaban J connectivity index is 2.21. The fourth-order valence-electron chi connectivity index (χ4n) is 1.51. The van der Waals surface area contributed by atoms with Gasteiger partial charge in [0.1, 0.15) is 23.1 Å².